The zero-order valence-electron chi connectivity index (χ0n) is 4.97. The lowest BCUT2D eigenvalue weighted by molar-refractivity contribution is -0.129. The van der Waals surface area contributed by atoms with Gasteiger partial charge in [0.2, 0.25) is 0 Å². The molecule has 0 heterocycles. The summed E-state index contributed by atoms with van der Waals surface area (Å²) in [5.74, 6) is -1.59. The summed E-state index contributed by atoms with van der Waals surface area (Å²) < 4.78 is 0.501. The molecule has 0 radical (unpaired) electrons. The van der Waals surface area contributed by atoms with Crippen molar-refractivity contribution >= 4 is 15.9 Å². The normalized spacial score (nSPS) is 25.4. The molecule has 2 N–H and O–H groups in total. The van der Waals surface area contributed by atoms with Crippen molar-refractivity contribution in [1.29, 1.82) is 0 Å². The molecule has 52 valence electrons. The van der Waals surface area contributed by atoms with Gasteiger partial charge >= 0.3 is 0 Å². The van der Waals surface area contributed by atoms with Crippen LogP contribution < -0.4 is 0 Å². The van der Waals surface area contributed by atoms with Crippen LogP contribution in [0.5, 0.6) is 0 Å². The van der Waals surface area contributed by atoms with Crippen LogP contribution in [0.3, 0.4) is 0 Å². The summed E-state index contributed by atoms with van der Waals surface area (Å²) in [7, 11) is 0. The first-order chi connectivity index (χ1) is 4.13. The summed E-state index contributed by atoms with van der Waals surface area (Å²) in [5.41, 5.74) is 0. The topological polar surface area (TPSA) is 40.5 Å². The van der Waals surface area contributed by atoms with Gasteiger partial charge in [0.05, 0.1) is 0 Å². The first-order valence-corrected chi connectivity index (χ1v) is 3.73. The molecule has 0 fully saturated rings. The van der Waals surface area contributed by atoms with Gasteiger partial charge in [0.15, 0.2) is 5.79 Å². The Morgan fingerprint density at radius 3 is 2.56 bits per heavy atom. The zero-order valence-corrected chi connectivity index (χ0v) is 6.56. The highest BCUT2D eigenvalue weighted by Crippen LogP contribution is 2.30. The van der Waals surface area contributed by atoms with Crippen molar-refractivity contribution in [2.45, 2.75) is 25.0 Å². The lowest BCUT2D eigenvalue weighted by atomic mass is 10.0. The minimum absolute atomic E-state index is 0.435. The second-order valence-corrected chi connectivity index (χ2v) is 3.12. The Balaban J connectivity index is 2.73. The van der Waals surface area contributed by atoms with E-state index in [4.69, 9.17) is 10.2 Å². The SMILES string of the molecule is OC1(O)CCCC=C1Br. The maximum absolute atomic E-state index is 9.08. The predicted octanol–water partition coefficient (Wildman–Crippen LogP) is 1.13. The number of allylic oxidation sites excluding steroid dienone is 1. The van der Waals surface area contributed by atoms with Gasteiger partial charge in [0.1, 0.15) is 0 Å². The van der Waals surface area contributed by atoms with Crippen LogP contribution in [0.25, 0.3) is 0 Å². The van der Waals surface area contributed by atoms with E-state index in [2.05, 4.69) is 15.9 Å². The fourth-order valence-corrected chi connectivity index (χ4v) is 1.29. The number of hydrogen-bond donors (Lipinski definition) is 2. The lowest BCUT2D eigenvalue weighted by Gasteiger charge is -2.24. The van der Waals surface area contributed by atoms with Crippen molar-refractivity contribution in [3.63, 3.8) is 0 Å². The monoisotopic (exact) mass is 192 g/mol. The van der Waals surface area contributed by atoms with E-state index < -0.39 is 5.79 Å². The van der Waals surface area contributed by atoms with Crippen molar-refractivity contribution in [2.75, 3.05) is 0 Å². The highest BCUT2D eigenvalue weighted by molar-refractivity contribution is 9.11. The van der Waals surface area contributed by atoms with Gasteiger partial charge in [-0.25, -0.2) is 0 Å². The first-order valence-electron chi connectivity index (χ1n) is 2.94. The molecule has 0 saturated carbocycles. The van der Waals surface area contributed by atoms with Crippen LogP contribution in [0.1, 0.15) is 19.3 Å². The van der Waals surface area contributed by atoms with Gasteiger partial charge in [0, 0.05) is 10.9 Å². The standard InChI is InChI=1S/C6H9BrO2/c7-5-3-1-2-4-6(5,8)9/h3,8-9H,1-2,4H2. The minimum Gasteiger partial charge on any atom is -0.362 e. The summed E-state index contributed by atoms with van der Waals surface area (Å²) in [4.78, 5) is 0. The third-order valence-corrected chi connectivity index (χ3v) is 2.39. The third-order valence-electron chi connectivity index (χ3n) is 1.44. The first kappa shape index (κ1) is 7.25. The van der Waals surface area contributed by atoms with Gasteiger partial charge < -0.3 is 10.2 Å². The highest BCUT2D eigenvalue weighted by Gasteiger charge is 2.28. The molecule has 0 saturated heterocycles. The molecule has 0 aromatic heterocycles. The fraction of sp³-hybridized carbons (Fsp3) is 0.667. The van der Waals surface area contributed by atoms with Crippen LogP contribution in [0.15, 0.2) is 10.6 Å². The van der Waals surface area contributed by atoms with E-state index in [1.807, 2.05) is 0 Å². The molecule has 0 atom stereocenters. The molecule has 0 aromatic rings. The maximum atomic E-state index is 9.08. The molecule has 3 heteroatoms. The zero-order chi connectivity index (χ0) is 6.91. The van der Waals surface area contributed by atoms with E-state index in [9.17, 15) is 0 Å². The highest BCUT2D eigenvalue weighted by atomic mass is 79.9. The molecule has 9 heavy (non-hydrogen) atoms. The van der Waals surface area contributed by atoms with Crippen molar-refractivity contribution in [3.05, 3.63) is 10.6 Å². The molecule has 0 aliphatic heterocycles. The van der Waals surface area contributed by atoms with Gasteiger partial charge in [-0.1, -0.05) is 22.0 Å². The Hall–Kier alpha value is 0.140. The molecule has 0 unspecified atom stereocenters. The molecule has 0 amide bonds. The Bertz CT molecular complexity index is 140. The Morgan fingerprint density at radius 1 is 1.56 bits per heavy atom. The Kier molecular flexibility index (Phi) is 1.94. The van der Waals surface area contributed by atoms with Crippen molar-refractivity contribution < 1.29 is 10.2 Å². The van der Waals surface area contributed by atoms with Crippen LogP contribution in [0.4, 0.5) is 0 Å². The average molecular weight is 193 g/mol. The van der Waals surface area contributed by atoms with Crippen LogP contribution >= 0.6 is 15.9 Å². The van der Waals surface area contributed by atoms with Gasteiger partial charge in [0.25, 0.3) is 0 Å². The van der Waals surface area contributed by atoms with Crippen LogP contribution in [0.2, 0.25) is 0 Å². The molecule has 0 aromatic carbocycles. The summed E-state index contributed by atoms with van der Waals surface area (Å²) >= 11 is 3.07. The molecule has 0 spiro atoms. The molecule has 1 aliphatic carbocycles. The van der Waals surface area contributed by atoms with E-state index >= 15 is 0 Å². The quantitative estimate of drug-likeness (QED) is 0.566. The smallest absolute Gasteiger partial charge is 0.196 e. The fourth-order valence-electron chi connectivity index (χ4n) is 0.860. The van der Waals surface area contributed by atoms with Crippen LogP contribution in [-0.4, -0.2) is 16.0 Å². The predicted molar refractivity (Wildman–Crippen MR) is 38.0 cm³/mol. The molecule has 2 nitrogen and oxygen atoms in total. The van der Waals surface area contributed by atoms with E-state index in [-0.39, 0.29) is 0 Å². The molecular formula is C6H9BrO2. The molecule has 1 rings (SSSR count). The third kappa shape index (κ3) is 1.53. The summed E-state index contributed by atoms with van der Waals surface area (Å²) in [6.45, 7) is 0. The van der Waals surface area contributed by atoms with Gasteiger partial charge in [-0.3, -0.25) is 0 Å². The molecule has 1 aliphatic rings. The van der Waals surface area contributed by atoms with Crippen molar-refractivity contribution in [1.82, 2.24) is 0 Å². The van der Waals surface area contributed by atoms with Crippen molar-refractivity contribution in [3.8, 4) is 0 Å². The minimum atomic E-state index is -1.59. The number of rotatable bonds is 0. The lowest BCUT2D eigenvalue weighted by Crippen LogP contribution is -2.29. The number of aliphatic hydroxyl groups is 2. The van der Waals surface area contributed by atoms with E-state index in [0.717, 1.165) is 12.8 Å². The maximum Gasteiger partial charge on any atom is 0.196 e. The molecule has 0 bridgehead atoms. The second-order valence-electron chi connectivity index (χ2n) is 2.26. The van der Waals surface area contributed by atoms with E-state index in [0.29, 0.717) is 10.9 Å². The largest absolute Gasteiger partial charge is 0.362 e. The van der Waals surface area contributed by atoms with Crippen molar-refractivity contribution in [2.24, 2.45) is 0 Å². The van der Waals surface area contributed by atoms with Gasteiger partial charge in [-0.15, -0.1) is 0 Å². The average Bonchev–Trinajstić information content (AvgIpc) is 1.77. The second kappa shape index (κ2) is 2.40. The summed E-state index contributed by atoms with van der Waals surface area (Å²) in [5, 5.41) is 18.2. The Labute approximate surface area is 62.3 Å². The van der Waals surface area contributed by atoms with Crippen LogP contribution in [-0.2, 0) is 0 Å². The van der Waals surface area contributed by atoms with E-state index in [1.54, 1.807) is 6.08 Å². The number of halogens is 1. The van der Waals surface area contributed by atoms with Gasteiger partial charge in [-0.05, 0) is 12.8 Å². The number of hydrogen-bond acceptors (Lipinski definition) is 2. The van der Waals surface area contributed by atoms with Crippen LogP contribution in [0, 0.1) is 0 Å². The summed E-state index contributed by atoms with van der Waals surface area (Å²) in [6, 6.07) is 0. The van der Waals surface area contributed by atoms with Gasteiger partial charge in [-0.2, -0.15) is 0 Å². The molecular weight excluding hydrogens is 184 g/mol. The van der Waals surface area contributed by atoms with E-state index in [1.165, 1.54) is 0 Å². The summed E-state index contributed by atoms with van der Waals surface area (Å²) in [6.07, 6.45) is 4.01. The Morgan fingerprint density at radius 2 is 2.22 bits per heavy atom.